The highest BCUT2D eigenvalue weighted by Crippen LogP contribution is 2.46. The van der Waals surface area contributed by atoms with Crippen LogP contribution in [0.15, 0.2) is 48.8 Å². The third kappa shape index (κ3) is 5.06. The number of nitrogens with zero attached hydrogens (tertiary/aromatic N) is 4. The molecule has 4 aromatic rings. The van der Waals surface area contributed by atoms with E-state index in [0.717, 1.165) is 0 Å². The fourth-order valence-corrected chi connectivity index (χ4v) is 4.83. The van der Waals surface area contributed by atoms with E-state index in [1.807, 2.05) is 26.8 Å². The summed E-state index contributed by atoms with van der Waals surface area (Å²) >= 11 is 6.44. The van der Waals surface area contributed by atoms with E-state index in [-0.39, 0.29) is 23.8 Å². The van der Waals surface area contributed by atoms with Gasteiger partial charge in [0.1, 0.15) is 23.9 Å². The Bertz CT molecular complexity index is 1690. The zero-order chi connectivity index (χ0) is 29.6. The van der Waals surface area contributed by atoms with Gasteiger partial charge in [-0.1, -0.05) is 11.6 Å². The van der Waals surface area contributed by atoms with Gasteiger partial charge in [-0.15, -0.1) is 0 Å². The van der Waals surface area contributed by atoms with E-state index in [9.17, 15) is 9.59 Å². The number of hydrogen-bond acceptors (Lipinski definition) is 7. The zero-order valence-corrected chi connectivity index (χ0v) is 24.4. The zero-order valence-electron chi connectivity index (χ0n) is 23.6. The second kappa shape index (κ2) is 10.4. The molecule has 2 amide bonds. The van der Waals surface area contributed by atoms with Crippen LogP contribution in [0.25, 0.3) is 28.1 Å². The summed E-state index contributed by atoms with van der Waals surface area (Å²) < 4.78 is 19.0. The summed E-state index contributed by atoms with van der Waals surface area (Å²) in [4.78, 5) is 31.5. The molecule has 0 saturated carbocycles. The van der Waals surface area contributed by atoms with Crippen LogP contribution >= 0.6 is 11.6 Å². The lowest BCUT2D eigenvalue weighted by Crippen LogP contribution is -2.43. The Kier molecular flexibility index (Phi) is 7.12. The first kappa shape index (κ1) is 28.0. The number of rotatable bonds is 6. The summed E-state index contributed by atoms with van der Waals surface area (Å²) in [6.45, 7) is 5.97. The number of fused-ring (bicyclic) bond motifs is 3. The van der Waals surface area contributed by atoms with Gasteiger partial charge in [0.2, 0.25) is 5.91 Å². The van der Waals surface area contributed by atoms with Crippen LogP contribution in [0.2, 0.25) is 5.02 Å². The average Bonchev–Trinajstić information content (AvgIpc) is 3.35. The minimum absolute atomic E-state index is 0.111. The Morgan fingerprint density at radius 1 is 1.05 bits per heavy atom. The number of ether oxygens (including phenoxy) is 3. The predicted molar refractivity (Wildman–Crippen MR) is 155 cm³/mol. The van der Waals surface area contributed by atoms with Crippen LogP contribution in [0, 0.1) is 0 Å². The molecule has 0 spiro atoms. The van der Waals surface area contributed by atoms with Crippen molar-refractivity contribution in [2.24, 2.45) is 5.73 Å². The lowest BCUT2D eigenvalue weighted by Gasteiger charge is -2.31. The van der Waals surface area contributed by atoms with E-state index >= 15 is 0 Å². The first-order chi connectivity index (χ1) is 19.4. The van der Waals surface area contributed by atoms with Crippen LogP contribution in [-0.2, 0) is 6.61 Å². The minimum Gasteiger partial charge on any atom is -0.497 e. The number of aromatic nitrogens is 3. The Morgan fingerprint density at radius 3 is 2.46 bits per heavy atom. The molecule has 11 heteroatoms. The van der Waals surface area contributed by atoms with Gasteiger partial charge in [0, 0.05) is 64.4 Å². The highest BCUT2D eigenvalue weighted by Gasteiger charge is 2.35. The summed E-state index contributed by atoms with van der Waals surface area (Å²) in [6, 6.07) is 10.5. The van der Waals surface area contributed by atoms with Gasteiger partial charge in [-0.2, -0.15) is 5.10 Å². The van der Waals surface area contributed by atoms with Gasteiger partial charge in [-0.05, 0) is 45.0 Å². The number of primary amides is 1. The molecule has 0 atom stereocenters. The van der Waals surface area contributed by atoms with Crippen molar-refractivity contribution in [1.82, 2.24) is 19.7 Å². The molecule has 2 aromatic carbocycles. The molecule has 0 radical (unpaired) electrons. The topological polar surface area (TPSA) is 122 Å². The molecule has 5 rings (SSSR count). The van der Waals surface area contributed by atoms with Crippen molar-refractivity contribution in [2.45, 2.75) is 32.9 Å². The molecule has 0 unspecified atom stereocenters. The molecular formula is C30H30ClN5O5. The number of carbonyl (C=O) groups excluding carboxylic acids is 2. The van der Waals surface area contributed by atoms with Crippen LogP contribution in [0.4, 0.5) is 0 Å². The van der Waals surface area contributed by atoms with Crippen LogP contribution < -0.4 is 19.9 Å². The van der Waals surface area contributed by atoms with Crippen LogP contribution in [0.1, 0.15) is 47.2 Å². The van der Waals surface area contributed by atoms with Crippen molar-refractivity contribution >= 4 is 23.4 Å². The maximum atomic E-state index is 13.8. The van der Waals surface area contributed by atoms with Gasteiger partial charge in [0.05, 0.1) is 31.2 Å². The monoisotopic (exact) mass is 575 g/mol. The Hall–Kier alpha value is -4.57. The summed E-state index contributed by atoms with van der Waals surface area (Å²) in [5, 5.41) is 5.27. The summed E-state index contributed by atoms with van der Waals surface area (Å²) in [5.41, 5.74) is 9.40. The maximum Gasteiger partial charge on any atom is 0.274 e. The number of pyridine rings is 1. The van der Waals surface area contributed by atoms with Crippen molar-refractivity contribution in [3.8, 4) is 45.3 Å². The summed E-state index contributed by atoms with van der Waals surface area (Å²) in [6.07, 6.45) is 3.02. The number of hydrogen-bond donors (Lipinski definition) is 1. The Morgan fingerprint density at radius 2 is 1.80 bits per heavy atom. The molecule has 0 saturated heterocycles. The van der Waals surface area contributed by atoms with Crippen LogP contribution in [-0.4, -0.2) is 58.3 Å². The third-order valence-electron chi connectivity index (χ3n) is 7.10. The molecule has 1 aliphatic rings. The Labute approximate surface area is 242 Å². The largest absolute Gasteiger partial charge is 0.497 e. The average molecular weight is 576 g/mol. The van der Waals surface area contributed by atoms with E-state index in [2.05, 4.69) is 4.98 Å². The van der Waals surface area contributed by atoms with E-state index in [1.165, 1.54) is 6.20 Å². The molecule has 10 nitrogen and oxygen atoms in total. The molecule has 1 aliphatic heterocycles. The Balaban J connectivity index is 1.80. The van der Waals surface area contributed by atoms with Crippen molar-refractivity contribution in [3.05, 3.63) is 70.6 Å². The van der Waals surface area contributed by atoms with Gasteiger partial charge in [0.15, 0.2) is 5.69 Å². The maximum absolute atomic E-state index is 13.8. The summed E-state index contributed by atoms with van der Waals surface area (Å²) in [7, 11) is 4.85. The van der Waals surface area contributed by atoms with Gasteiger partial charge in [0.25, 0.3) is 5.91 Å². The fourth-order valence-electron chi connectivity index (χ4n) is 4.61. The van der Waals surface area contributed by atoms with Crippen molar-refractivity contribution in [2.75, 3.05) is 21.3 Å². The lowest BCUT2D eigenvalue weighted by atomic mass is 9.95. The molecule has 2 aromatic heterocycles. The molecule has 212 valence electrons. The van der Waals surface area contributed by atoms with Crippen molar-refractivity contribution < 1.29 is 23.8 Å². The van der Waals surface area contributed by atoms with Crippen LogP contribution in [0.5, 0.6) is 17.2 Å². The van der Waals surface area contributed by atoms with Crippen molar-refractivity contribution in [3.63, 3.8) is 0 Å². The highest BCUT2D eigenvalue weighted by molar-refractivity contribution is 6.30. The molecular weight excluding hydrogens is 546 g/mol. The number of carbonyl (C=O) groups is 2. The third-order valence-corrected chi connectivity index (χ3v) is 7.31. The second-order valence-corrected chi connectivity index (χ2v) is 11.1. The number of benzene rings is 2. The molecule has 0 bridgehead atoms. The quantitative estimate of drug-likeness (QED) is 0.338. The number of methoxy groups -OCH3 is 2. The fraction of sp³-hybridized carbons (Fsp3) is 0.267. The molecule has 2 N–H and O–H groups in total. The van der Waals surface area contributed by atoms with Gasteiger partial charge >= 0.3 is 0 Å². The summed E-state index contributed by atoms with van der Waals surface area (Å²) in [5.74, 6) is 0.737. The van der Waals surface area contributed by atoms with Gasteiger partial charge < -0.3 is 24.8 Å². The van der Waals surface area contributed by atoms with E-state index < -0.39 is 11.4 Å². The van der Waals surface area contributed by atoms with Crippen molar-refractivity contribution in [1.29, 1.82) is 0 Å². The smallest absolute Gasteiger partial charge is 0.274 e. The van der Waals surface area contributed by atoms with Gasteiger partial charge in [-0.3, -0.25) is 14.6 Å². The highest BCUT2D eigenvalue weighted by atomic mass is 35.5. The van der Waals surface area contributed by atoms with Crippen LogP contribution in [0.3, 0.4) is 0 Å². The minimum atomic E-state index is -0.596. The molecule has 41 heavy (non-hydrogen) atoms. The lowest BCUT2D eigenvalue weighted by molar-refractivity contribution is 0.0646. The van der Waals surface area contributed by atoms with Gasteiger partial charge in [-0.25, -0.2) is 4.68 Å². The number of nitrogens with two attached hydrogens (primary N) is 1. The SMILES string of the molecule is COc1cc(Cl)cc(-n2nc(C(=O)N(C)C(C)(C)C)c3c2-c2cc(-c4cncc(C(N)=O)c4)c(OC)cc2OC3)c1. The number of halogens is 1. The molecule has 0 aliphatic carbocycles. The van der Waals surface area contributed by atoms with E-state index in [1.54, 1.807) is 67.4 Å². The normalized spacial score (nSPS) is 12.2. The van der Waals surface area contributed by atoms with E-state index in [4.69, 9.17) is 36.6 Å². The molecule has 0 fully saturated rings. The molecule has 3 heterocycles. The first-order valence-electron chi connectivity index (χ1n) is 12.8. The predicted octanol–water partition coefficient (Wildman–Crippen LogP) is 5.13. The number of amides is 2. The van der Waals surface area contributed by atoms with E-state index in [0.29, 0.717) is 55.9 Å². The first-order valence-corrected chi connectivity index (χ1v) is 13.2. The standard InChI is InChI=1S/C30H30ClN5O5/c1-30(2,3)35(4)29(38)26-23-15-41-25-12-24(40-6)21(16-7-17(28(32)37)14-33-13-16)11-22(25)27(23)36(34-26)19-8-18(31)9-20(10-19)39-5/h7-14H,15H2,1-6H3,(H2,32,37). The second-order valence-electron chi connectivity index (χ2n) is 10.6.